The summed E-state index contributed by atoms with van der Waals surface area (Å²) in [6.07, 6.45) is 0.810. The number of hydrogen-bond acceptors (Lipinski definition) is 2. The number of methoxy groups -OCH3 is 1. The van der Waals surface area contributed by atoms with Crippen molar-refractivity contribution in [2.24, 2.45) is 0 Å². The Morgan fingerprint density at radius 2 is 1.88 bits per heavy atom. The molecule has 0 aromatic heterocycles. The second kappa shape index (κ2) is 8.21. The molecule has 24 heavy (non-hydrogen) atoms. The van der Waals surface area contributed by atoms with Crippen molar-refractivity contribution in [3.63, 3.8) is 0 Å². The molecule has 0 spiro atoms. The first kappa shape index (κ1) is 17.6. The fourth-order valence-corrected chi connectivity index (χ4v) is 2.52. The predicted octanol–water partition coefficient (Wildman–Crippen LogP) is 3.47. The van der Waals surface area contributed by atoms with Gasteiger partial charge in [0, 0.05) is 24.1 Å². The molecular weight excluding hydrogens is 298 g/mol. The molecule has 1 N–H and O–H groups in total. The molecule has 0 heterocycles. The zero-order valence-electron chi connectivity index (χ0n) is 14.6. The van der Waals surface area contributed by atoms with Gasteiger partial charge in [-0.15, -0.1) is 0 Å². The zero-order valence-corrected chi connectivity index (χ0v) is 14.6. The lowest BCUT2D eigenvalue weighted by Gasteiger charge is -2.12. The van der Waals surface area contributed by atoms with Gasteiger partial charge in [-0.1, -0.05) is 24.0 Å². The van der Waals surface area contributed by atoms with E-state index < -0.39 is 0 Å². The molecule has 0 radical (unpaired) electrons. The van der Waals surface area contributed by atoms with Crippen LogP contribution in [0.5, 0.6) is 5.75 Å². The molecule has 2 aromatic rings. The maximum atomic E-state index is 11.0. The standard InChI is InChI=1S/C21H23NO2/c1-15-13-21(24-4)12-11-20(15)10-9-18-5-7-19(8-6-18)14-16(2)22-17(3)23/h5-8,11-13,16H,14H2,1-4H3,(H,22,23). The minimum atomic E-state index is -0.000141. The number of carbonyl (C=O) groups excluding carboxylic acids is 1. The highest BCUT2D eigenvalue weighted by Gasteiger charge is 2.04. The summed E-state index contributed by atoms with van der Waals surface area (Å²) in [7, 11) is 1.66. The third-order valence-corrected chi connectivity index (χ3v) is 3.72. The van der Waals surface area contributed by atoms with Crippen LogP contribution >= 0.6 is 0 Å². The fourth-order valence-electron chi connectivity index (χ4n) is 2.52. The van der Waals surface area contributed by atoms with Crippen LogP contribution in [0.2, 0.25) is 0 Å². The van der Waals surface area contributed by atoms with E-state index in [0.717, 1.165) is 28.9 Å². The van der Waals surface area contributed by atoms with E-state index in [2.05, 4.69) is 29.3 Å². The van der Waals surface area contributed by atoms with Crippen LogP contribution in [0.4, 0.5) is 0 Å². The van der Waals surface area contributed by atoms with Crippen molar-refractivity contribution in [2.75, 3.05) is 7.11 Å². The van der Waals surface area contributed by atoms with Gasteiger partial charge < -0.3 is 10.1 Å². The number of rotatable bonds is 4. The SMILES string of the molecule is COc1ccc(C#Cc2ccc(CC(C)NC(C)=O)cc2)c(C)c1. The van der Waals surface area contributed by atoms with Crippen LogP contribution in [0.15, 0.2) is 42.5 Å². The van der Waals surface area contributed by atoms with Crippen LogP contribution in [0.25, 0.3) is 0 Å². The van der Waals surface area contributed by atoms with Crippen LogP contribution in [0.3, 0.4) is 0 Å². The van der Waals surface area contributed by atoms with E-state index in [-0.39, 0.29) is 11.9 Å². The number of nitrogens with one attached hydrogen (secondary N) is 1. The quantitative estimate of drug-likeness (QED) is 0.876. The highest BCUT2D eigenvalue weighted by atomic mass is 16.5. The molecule has 2 rings (SSSR count). The largest absolute Gasteiger partial charge is 0.497 e. The lowest BCUT2D eigenvalue weighted by atomic mass is 10.0. The van der Waals surface area contributed by atoms with Crippen molar-refractivity contribution < 1.29 is 9.53 Å². The average molecular weight is 321 g/mol. The molecule has 1 atom stereocenters. The molecular formula is C21H23NO2. The Bertz CT molecular complexity index is 767. The number of amides is 1. The van der Waals surface area contributed by atoms with E-state index in [1.807, 2.05) is 44.2 Å². The van der Waals surface area contributed by atoms with Gasteiger partial charge in [0.05, 0.1) is 7.11 Å². The second-order valence-corrected chi connectivity index (χ2v) is 5.93. The maximum absolute atomic E-state index is 11.0. The minimum Gasteiger partial charge on any atom is -0.497 e. The van der Waals surface area contributed by atoms with E-state index in [4.69, 9.17) is 4.74 Å². The topological polar surface area (TPSA) is 38.3 Å². The van der Waals surface area contributed by atoms with Crippen LogP contribution in [-0.2, 0) is 11.2 Å². The average Bonchev–Trinajstić information content (AvgIpc) is 2.54. The lowest BCUT2D eigenvalue weighted by Crippen LogP contribution is -2.31. The number of aryl methyl sites for hydroxylation is 1. The Morgan fingerprint density at radius 3 is 2.46 bits per heavy atom. The monoisotopic (exact) mass is 321 g/mol. The Kier molecular flexibility index (Phi) is 6.03. The van der Waals surface area contributed by atoms with Gasteiger partial charge in [0.2, 0.25) is 5.91 Å². The van der Waals surface area contributed by atoms with E-state index in [0.29, 0.717) is 0 Å². The maximum Gasteiger partial charge on any atom is 0.217 e. The van der Waals surface area contributed by atoms with Gasteiger partial charge >= 0.3 is 0 Å². The summed E-state index contributed by atoms with van der Waals surface area (Å²) in [6.45, 7) is 5.57. The number of hydrogen-bond donors (Lipinski definition) is 1. The van der Waals surface area contributed by atoms with Crippen molar-refractivity contribution in [1.29, 1.82) is 0 Å². The molecule has 0 aliphatic rings. The summed E-state index contributed by atoms with van der Waals surface area (Å²) >= 11 is 0. The molecule has 0 aliphatic heterocycles. The summed E-state index contributed by atoms with van der Waals surface area (Å²) in [4.78, 5) is 11.0. The minimum absolute atomic E-state index is 0.000141. The van der Waals surface area contributed by atoms with Gasteiger partial charge in [0.25, 0.3) is 0 Å². The molecule has 3 nitrogen and oxygen atoms in total. The van der Waals surface area contributed by atoms with Gasteiger partial charge in [-0.3, -0.25) is 4.79 Å². The molecule has 1 amide bonds. The normalized spacial score (nSPS) is 11.2. The molecule has 0 saturated heterocycles. The number of benzene rings is 2. The van der Waals surface area contributed by atoms with E-state index in [1.165, 1.54) is 12.5 Å². The zero-order chi connectivity index (χ0) is 17.5. The van der Waals surface area contributed by atoms with Crippen molar-refractivity contribution in [3.8, 4) is 17.6 Å². The van der Waals surface area contributed by atoms with Gasteiger partial charge in [0.15, 0.2) is 0 Å². The van der Waals surface area contributed by atoms with Crippen molar-refractivity contribution in [1.82, 2.24) is 5.32 Å². The van der Waals surface area contributed by atoms with Crippen LogP contribution in [0.1, 0.15) is 36.1 Å². The van der Waals surface area contributed by atoms with Crippen LogP contribution < -0.4 is 10.1 Å². The summed E-state index contributed by atoms with van der Waals surface area (Å²) in [5.41, 5.74) is 4.25. The molecule has 0 fully saturated rings. The highest BCUT2D eigenvalue weighted by molar-refractivity contribution is 5.73. The summed E-state index contributed by atoms with van der Waals surface area (Å²) in [5.74, 6) is 7.24. The first-order valence-electron chi connectivity index (χ1n) is 8.00. The first-order chi connectivity index (χ1) is 11.5. The summed E-state index contributed by atoms with van der Waals surface area (Å²) < 4.78 is 5.21. The second-order valence-electron chi connectivity index (χ2n) is 5.93. The molecule has 124 valence electrons. The predicted molar refractivity (Wildman–Crippen MR) is 97.1 cm³/mol. The van der Waals surface area contributed by atoms with E-state index >= 15 is 0 Å². The summed E-state index contributed by atoms with van der Waals surface area (Å²) in [5, 5.41) is 2.89. The van der Waals surface area contributed by atoms with Crippen molar-refractivity contribution in [3.05, 3.63) is 64.7 Å². The first-order valence-corrected chi connectivity index (χ1v) is 8.00. The van der Waals surface area contributed by atoms with Gasteiger partial charge in [-0.2, -0.15) is 0 Å². The van der Waals surface area contributed by atoms with Crippen LogP contribution in [-0.4, -0.2) is 19.1 Å². The Balaban J connectivity index is 2.06. The van der Waals surface area contributed by atoms with E-state index in [9.17, 15) is 4.79 Å². The third kappa shape index (κ3) is 5.17. The lowest BCUT2D eigenvalue weighted by molar-refractivity contribution is -0.119. The number of carbonyl (C=O) groups is 1. The molecule has 0 saturated carbocycles. The van der Waals surface area contributed by atoms with Gasteiger partial charge in [0.1, 0.15) is 5.75 Å². The Morgan fingerprint density at radius 1 is 1.17 bits per heavy atom. The van der Waals surface area contributed by atoms with Crippen molar-refractivity contribution >= 4 is 5.91 Å². The molecule has 0 bridgehead atoms. The van der Waals surface area contributed by atoms with Gasteiger partial charge in [-0.05, 0) is 61.7 Å². The Hall–Kier alpha value is -2.73. The smallest absolute Gasteiger partial charge is 0.217 e. The molecule has 0 aliphatic carbocycles. The van der Waals surface area contributed by atoms with E-state index in [1.54, 1.807) is 7.11 Å². The summed E-state index contributed by atoms with van der Waals surface area (Å²) in [6, 6.07) is 14.2. The highest BCUT2D eigenvalue weighted by Crippen LogP contribution is 2.16. The van der Waals surface area contributed by atoms with Crippen molar-refractivity contribution in [2.45, 2.75) is 33.2 Å². The molecule has 1 unspecified atom stereocenters. The van der Waals surface area contributed by atoms with Crippen LogP contribution in [0, 0.1) is 18.8 Å². The molecule has 2 aromatic carbocycles. The third-order valence-electron chi connectivity index (χ3n) is 3.72. The number of ether oxygens (including phenoxy) is 1. The van der Waals surface area contributed by atoms with Gasteiger partial charge in [-0.25, -0.2) is 0 Å². The Labute approximate surface area is 144 Å². The molecule has 3 heteroatoms. The fraction of sp³-hybridized carbons (Fsp3) is 0.286.